The molecule has 0 saturated heterocycles. The van der Waals surface area contributed by atoms with Gasteiger partial charge >= 0.3 is 0 Å². The van der Waals surface area contributed by atoms with Gasteiger partial charge in [-0.3, -0.25) is 13.9 Å². The van der Waals surface area contributed by atoms with Gasteiger partial charge < -0.3 is 19.7 Å². The van der Waals surface area contributed by atoms with Crippen molar-refractivity contribution in [2.45, 2.75) is 64.1 Å². The quantitative estimate of drug-likeness (QED) is 0.286. The van der Waals surface area contributed by atoms with Crippen LogP contribution in [-0.2, 0) is 26.2 Å². The maximum absolute atomic E-state index is 14.2. The number of halogens is 1. The third-order valence-corrected chi connectivity index (χ3v) is 8.30. The van der Waals surface area contributed by atoms with Gasteiger partial charge in [0.1, 0.15) is 29.9 Å². The van der Waals surface area contributed by atoms with E-state index in [1.807, 2.05) is 27.7 Å². The van der Waals surface area contributed by atoms with E-state index < -0.39 is 39.9 Å². The normalized spacial score (nSPS) is 12.3. The number of methoxy groups -OCH3 is 1. The molecule has 0 unspecified atom stereocenters. The number of benzene rings is 3. The number of nitrogens with zero attached hydrogens (tertiary/aromatic N) is 2. The first kappa shape index (κ1) is 33.4. The number of carbonyl (C=O) groups is 2. The van der Waals surface area contributed by atoms with E-state index in [9.17, 15) is 22.4 Å². The van der Waals surface area contributed by atoms with Crippen molar-refractivity contribution in [3.8, 4) is 11.5 Å². The smallest absolute Gasteiger partial charge is 0.264 e. The molecule has 3 rings (SSSR count). The number of hydrogen-bond acceptors (Lipinski definition) is 6. The number of anilines is 1. The predicted molar refractivity (Wildman–Crippen MR) is 164 cm³/mol. The zero-order valence-electron chi connectivity index (χ0n) is 25.5. The molecule has 2 amide bonds. The van der Waals surface area contributed by atoms with Crippen molar-refractivity contribution in [3.63, 3.8) is 0 Å². The Balaban J connectivity index is 2.07. The fraction of sp³-hybridized carbons (Fsp3) is 0.375. The molecule has 0 aromatic heterocycles. The lowest BCUT2D eigenvalue weighted by molar-refractivity contribution is -0.141. The SMILES string of the molecule is CCOc1ccc(N(CC(=O)N(Cc2ccc(OC)cc2)[C@H](CC)C(=O)NC(C)(C)C)S(=O)(=O)c2ccc(F)cc2)cc1. The van der Waals surface area contributed by atoms with Crippen LogP contribution in [0, 0.1) is 5.82 Å². The summed E-state index contributed by atoms with van der Waals surface area (Å²) < 4.78 is 53.2. The van der Waals surface area contributed by atoms with Crippen molar-refractivity contribution >= 4 is 27.5 Å². The van der Waals surface area contributed by atoms with Crippen molar-refractivity contribution in [2.75, 3.05) is 24.6 Å². The van der Waals surface area contributed by atoms with Gasteiger partial charge in [-0.05, 0) is 100 Å². The van der Waals surface area contributed by atoms with Crippen molar-refractivity contribution in [1.82, 2.24) is 10.2 Å². The van der Waals surface area contributed by atoms with Crippen LogP contribution in [0.25, 0.3) is 0 Å². The summed E-state index contributed by atoms with van der Waals surface area (Å²) in [6.45, 7) is 9.01. The first-order chi connectivity index (χ1) is 20.3. The third-order valence-electron chi connectivity index (χ3n) is 6.51. The molecule has 0 aliphatic carbocycles. The lowest BCUT2D eigenvalue weighted by Gasteiger charge is -2.34. The van der Waals surface area contributed by atoms with Crippen LogP contribution in [0.1, 0.15) is 46.6 Å². The van der Waals surface area contributed by atoms with E-state index in [-0.39, 0.29) is 29.5 Å². The molecular formula is C32H40FN3O6S. The summed E-state index contributed by atoms with van der Waals surface area (Å²) in [5.74, 6) is -0.380. The van der Waals surface area contributed by atoms with Crippen LogP contribution >= 0.6 is 0 Å². The highest BCUT2D eigenvalue weighted by Gasteiger charge is 2.34. The van der Waals surface area contributed by atoms with Gasteiger partial charge in [-0.2, -0.15) is 0 Å². The molecule has 0 bridgehead atoms. The maximum Gasteiger partial charge on any atom is 0.264 e. The molecule has 3 aromatic rings. The number of sulfonamides is 1. The summed E-state index contributed by atoms with van der Waals surface area (Å²) in [5.41, 5.74) is 0.377. The summed E-state index contributed by atoms with van der Waals surface area (Å²) in [7, 11) is -2.78. The van der Waals surface area contributed by atoms with Crippen LogP contribution in [-0.4, -0.2) is 57.0 Å². The minimum Gasteiger partial charge on any atom is -0.497 e. The lowest BCUT2D eigenvalue weighted by atomic mass is 10.1. The van der Waals surface area contributed by atoms with Gasteiger partial charge in [0.2, 0.25) is 11.8 Å². The van der Waals surface area contributed by atoms with Gasteiger partial charge in [0.15, 0.2) is 0 Å². The van der Waals surface area contributed by atoms with E-state index in [2.05, 4.69) is 5.32 Å². The van der Waals surface area contributed by atoms with Gasteiger partial charge in [0.05, 0.1) is 24.3 Å². The van der Waals surface area contributed by atoms with Crippen molar-refractivity contribution in [2.24, 2.45) is 0 Å². The Morgan fingerprint density at radius 3 is 2.00 bits per heavy atom. The Morgan fingerprint density at radius 1 is 0.907 bits per heavy atom. The number of rotatable bonds is 13. The first-order valence-electron chi connectivity index (χ1n) is 14.0. The van der Waals surface area contributed by atoms with Crippen LogP contribution in [0.2, 0.25) is 0 Å². The molecule has 0 radical (unpaired) electrons. The second-order valence-electron chi connectivity index (χ2n) is 10.9. The molecule has 1 N–H and O–H groups in total. The van der Waals surface area contributed by atoms with Crippen LogP contribution < -0.4 is 19.1 Å². The zero-order chi connectivity index (χ0) is 31.8. The highest BCUT2D eigenvalue weighted by molar-refractivity contribution is 7.92. The molecule has 232 valence electrons. The Kier molecular flexibility index (Phi) is 11.2. The fourth-order valence-corrected chi connectivity index (χ4v) is 5.85. The number of carbonyl (C=O) groups excluding carboxylic acids is 2. The number of hydrogen-bond donors (Lipinski definition) is 1. The van der Waals surface area contributed by atoms with Crippen molar-refractivity contribution < 1.29 is 31.9 Å². The zero-order valence-corrected chi connectivity index (χ0v) is 26.3. The van der Waals surface area contributed by atoms with Crippen LogP contribution in [0.3, 0.4) is 0 Å². The third kappa shape index (κ3) is 8.93. The predicted octanol–water partition coefficient (Wildman–Crippen LogP) is 5.15. The van der Waals surface area contributed by atoms with E-state index in [0.29, 0.717) is 18.1 Å². The van der Waals surface area contributed by atoms with E-state index in [1.54, 1.807) is 50.4 Å². The van der Waals surface area contributed by atoms with Gasteiger partial charge in [0.25, 0.3) is 10.0 Å². The molecule has 0 aliphatic rings. The summed E-state index contributed by atoms with van der Waals surface area (Å²) in [6, 6.07) is 16.9. The molecule has 1 atom stereocenters. The molecule has 0 heterocycles. The Hall–Kier alpha value is -4.12. The first-order valence-corrected chi connectivity index (χ1v) is 15.5. The molecule has 0 fully saturated rings. The molecule has 0 saturated carbocycles. The van der Waals surface area contributed by atoms with Crippen LogP contribution in [0.4, 0.5) is 10.1 Å². The average Bonchev–Trinajstić information content (AvgIpc) is 2.96. The standard InChI is InChI=1S/C32H40FN3O6S/c1-7-29(31(38)34-32(3,4)5)35(21-23-9-15-26(41-6)16-10-23)30(37)22-36(25-13-17-27(18-14-25)42-8-2)43(39,40)28-19-11-24(33)12-20-28/h9-20,29H,7-8,21-22H2,1-6H3,(H,34,38)/t29-/m1/s1. The number of ether oxygens (including phenoxy) is 2. The molecule has 3 aromatic carbocycles. The minimum atomic E-state index is -4.33. The maximum atomic E-state index is 14.2. The average molecular weight is 614 g/mol. The molecule has 9 nitrogen and oxygen atoms in total. The minimum absolute atomic E-state index is 0.0482. The Morgan fingerprint density at radius 2 is 1.49 bits per heavy atom. The van der Waals surface area contributed by atoms with Crippen LogP contribution in [0.5, 0.6) is 11.5 Å². The number of amides is 2. The van der Waals surface area contributed by atoms with Gasteiger partial charge in [-0.25, -0.2) is 12.8 Å². The van der Waals surface area contributed by atoms with Gasteiger partial charge in [-0.1, -0.05) is 19.1 Å². The van der Waals surface area contributed by atoms with E-state index in [0.717, 1.165) is 34.1 Å². The highest BCUT2D eigenvalue weighted by Crippen LogP contribution is 2.27. The Labute approximate surface area is 253 Å². The van der Waals surface area contributed by atoms with Crippen molar-refractivity contribution in [3.05, 3.63) is 84.2 Å². The molecule has 0 spiro atoms. The topological polar surface area (TPSA) is 105 Å². The molecule has 0 aliphatic heterocycles. The van der Waals surface area contributed by atoms with Crippen LogP contribution in [0.15, 0.2) is 77.7 Å². The van der Waals surface area contributed by atoms with E-state index >= 15 is 0 Å². The molecule has 11 heteroatoms. The largest absolute Gasteiger partial charge is 0.497 e. The summed E-state index contributed by atoms with van der Waals surface area (Å²) >= 11 is 0. The van der Waals surface area contributed by atoms with E-state index in [1.165, 1.54) is 17.0 Å². The summed E-state index contributed by atoms with van der Waals surface area (Å²) in [4.78, 5) is 28.8. The molecular weight excluding hydrogens is 573 g/mol. The highest BCUT2D eigenvalue weighted by atomic mass is 32.2. The summed E-state index contributed by atoms with van der Waals surface area (Å²) in [6.07, 6.45) is 0.289. The van der Waals surface area contributed by atoms with Gasteiger partial charge in [0, 0.05) is 12.1 Å². The lowest BCUT2D eigenvalue weighted by Crippen LogP contribution is -2.55. The monoisotopic (exact) mass is 613 g/mol. The van der Waals surface area contributed by atoms with Gasteiger partial charge in [-0.15, -0.1) is 0 Å². The second-order valence-corrected chi connectivity index (χ2v) is 12.8. The fourth-order valence-electron chi connectivity index (χ4n) is 4.44. The summed E-state index contributed by atoms with van der Waals surface area (Å²) in [5, 5.41) is 2.94. The number of nitrogens with one attached hydrogen (secondary N) is 1. The van der Waals surface area contributed by atoms with Crippen molar-refractivity contribution in [1.29, 1.82) is 0 Å². The van der Waals surface area contributed by atoms with E-state index in [4.69, 9.17) is 9.47 Å². The molecule has 43 heavy (non-hydrogen) atoms. The Bertz CT molecular complexity index is 1470. The second kappa shape index (κ2) is 14.4.